The molecule has 0 atom stereocenters. The van der Waals surface area contributed by atoms with Crippen molar-refractivity contribution in [3.8, 4) is 0 Å². The largest absolute Gasteiger partial charge is 0.481 e. The zero-order valence-corrected chi connectivity index (χ0v) is 8.64. The van der Waals surface area contributed by atoms with Crippen LogP contribution in [0.3, 0.4) is 0 Å². The van der Waals surface area contributed by atoms with Gasteiger partial charge in [-0.15, -0.1) is 0 Å². The number of hydrogen-bond donors (Lipinski definition) is 1. The highest BCUT2D eigenvalue weighted by Gasteiger charge is 2.64. The molecule has 0 saturated heterocycles. The van der Waals surface area contributed by atoms with Gasteiger partial charge < -0.3 is 5.11 Å². The monoisotopic (exact) mass is 218 g/mol. The molecule has 2 aliphatic carbocycles. The van der Waals surface area contributed by atoms with Gasteiger partial charge in [-0.3, -0.25) is 4.79 Å². The van der Waals surface area contributed by atoms with Crippen molar-refractivity contribution in [3.05, 3.63) is 0 Å². The molecule has 0 aromatic heterocycles. The number of carboxylic acid groups (broad SMARTS) is 1. The smallest absolute Gasteiger partial charge is 0.310 e. The summed E-state index contributed by atoms with van der Waals surface area (Å²) in [5, 5.41) is 9.13. The third-order valence-corrected chi connectivity index (χ3v) is 3.96. The minimum atomic E-state index is -2.74. The van der Waals surface area contributed by atoms with Gasteiger partial charge >= 0.3 is 5.97 Å². The number of alkyl halides is 2. The van der Waals surface area contributed by atoms with Crippen molar-refractivity contribution >= 4 is 5.97 Å². The van der Waals surface area contributed by atoms with E-state index in [1.54, 1.807) is 0 Å². The van der Waals surface area contributed by atoms with Crippen molar-refractivity contribution in [2.45, 2.75) is 50.9 Å². The molecule has 0 amide bonds. The van der Waals surface area contributed by atoms with Gasteiger partial charge in [0.15, 0.2) is 0 Å². The Bertz CT molecular complexity index is 262. The molecule has 0 unspecified atom stereocenters. The average molecular weight is 218 g/mol. The Morgan fingerprint density at radius 1 is 1.13 bits per heavy atom. The fourth-order valence-electron chi connectivity index (χ4n) is 3.14. The van der Waals surface area contributed by atoms with Crippen LogP contribution in [0.5, 0.6) is 0 Å². The highest BCUT2D eigenvalue weighted by molar-refractivity contribution is 5.76. The minimum absolute atomic E-state index is 0.0247. The molecule has 0 radical (unpaired) electrons. The maximum atomic E-state index is 12.9. The van der Waals surface area contributed by atoms with E-state index >= 15 is 0 Å². The van der Waals surface area contributed by atoms with Crippen molar-refractivity contribution in [2.24, 2.45) is 11.3 Å². The molecule has 2 rings (SSSR count). The van der Waals surface area contributed by atoms with Crippen LogP contribution < -0.4 is 0 Å². The lowest BCUT2D eigenvalue weighted by atomic mass is 9.56. The number of rotatable bonds is 2. The highest BCUT2D eigenvalue weighted by Crippen LogP contribution is 2.59. The Hall–Kier alpha value is -0.670. The summed E-state index contributed by atoms with van der Waals surface area (Å²) in [4.78, 5) is 11.2. The highest BCUT2D eigenvalue weighted by atomic mass is 19.3. The van der Waals surface area contributed by atoms with Gasteiger partial charge in [-0.05, 0) is 18.8 Å². The van der Waals surface area contributed by atoms with Crippen LogP contribution in [-0.4, -0.2) is 17.0 Å². The normalized spacial score (nSPS) is 29.5. The van der Waals surface area contributed by atoms with Crippen LogP contribution in [0.25, 0.3) is 0 Å². The fraction of sp³-hybridized carbons (Fsp3) is 0.909. The van der Waals surface area contributed by atoms with Gasteiger partial charge in [0.1, 0.15) is 0 Å². The first-order chi connectivity index (χ1) is 6.96. The minimum Gasteiger partial charge on any atom is -0.481 e. The third-order valence-electron chi connectivity index (χ3n) is 3.96. The van der Waals surface area contributed by atoms with Crippen molar-refractivity contribution in [1.82, 2.24) is 0 Å². The second-order valence-electron chi connectivity index (χ2n) is 5.01. The number of halogens is 2. The maximum absolute atomic E-state index is 12.9. The fourth-order valence-corrected chi connectivity index (χ4v) is 3.14. The van der Waals surface area contributed by atoms with Gasteiger partial charge in [-0.1, -0.05) is 19.3 Å². The molecule has 2 fully saturated rings. The Morgan fingerprint density at radius 2 is 1.67 bits per heavy atom. The molecule has 1 N–H and O–H groups in total. The second kappa shape index (κ2) is 3.42. The van der Waals surface area contributed by atoms with Crippen LogP contribution in [0, 0.1) is 11.3 Å². The van der Waals surface area contributed by atoms with Crippen molar-refractivity contribution in [2.75, 3.05) is 0 Å². The quantitative estimate of drug-likeness (QED) is 0.773. The Morgan fingerprint density at radius 3 is 2.07 bits per heavy atom. The van der Waals surface area contributed by atoms with E-state index < -0.39 is 30.1 Å². The van der Waals surface area contributed by atoms with Crippen molar-refractivity contribution < 1.29 is 18.7 Å². The lowest BCUT2D eigenvalue weighted by Gasteiger charge is -2.49. The van der Waals surface area contributed by atoms with E-state index in [1.165, 1.54) is 0 Å². The zero-order chi connectivity index (χ0) is 11.1. The molecule has 86 valence electrons. The maximum Gasteiger partial charge on any atom is 0.310 e. The molecule has 0 aliphatic heterocycles. The summed E-state index contributed by atoms with van der Waals surface area (Å²) in [6.07, 6.45) is 3.82. The summed E-state index contributed by atoms with van der Waals surface area (Å²) >= 11 is 0. The SMILES string of the molecule is O=C(O)C1(C2CCCCC2)CC(F)(F)C1. The van der Waals surface area contributed by atoms with Gasteiger partial charge in [0.25, 0.3) is 0 Å². The summed E-state index contributed by atoms with van der Waals surface area (Å²) in [5.41, 5.74) is -1.11. The number of aliphatic carboxylic acids is 1. The van der Waals surface area contributed by atoms with Crippen molar-refractivity contribution in [3.63, 3.8) is 0 Å². The number of carboxylic acids is 1. The predicted molar refractivity (Wildman–Crippen MR) is 50.8 cm³/mol. The Labute approximate surface area is 87.7 Å². The van der Waals surface area contributed by atoms with E-state index in [0.717, 1.165) is 32.1 Å². The summed E-state index contributed by atoms with van der Waals surface area (Å²) in [7, 11) is 0. The lowest BCUT2D eigenvalue weighted by Crippen LogP contribution is -2.55. The molecule has 0 aromatic carbocycles. The van der Waals surface area contributed by atoms with E-state index in [9.17, 15) is 13.6 Å². The molecule has 15 heavy (non-hydrogen) atoms. The molecule has 2 saturated carbocycles. The second-order valence-corrected chi connectivity index (χ2v) is 5.01. The lowest BCUT2D eigenvalue weighted by molar-refractivity contribution is -0.209. The van der Waals surface area contributed by atoms with Gasteiger partial charge in [0.05, 0.1) is 5.41 Å². The van der Waals surface area contributed by atoms with Gasteiger partial charge in [0, 0.05) is 12.8 Å². The summed E-state index contributed by atoms with van der Waals surface area (Å²) in [5.74, 6) is -3.78. The number of carbonyl (C=O) groups is 1. The third kappa shape index (κ3) is 1.74. The van der Waals surface area contributed by atoms with Crippen LogP contribution >= 0.6 is 0 Å². The van der Waals surface area contributed by atoms with E-state index in [2.05, 4.69) is 0 Å². The molecule has 2 aliphatic rings. The van der Waals surface area contributed by atoms with Crippen molar-refractivity contribution in [1.29, 1.82) is 0 Å². The molecule has 0 aromatic rings. The molecular weight excluding hydrogens is 202 g/mol. The van der Waals surface area contributed by atoms with E-state index in [1.807, 2.05) is 0 Å². The molecule has 0 bridgehead atoms. The molecule has 0 spiro atoms. The van der Waals surface area contributed by atoms with Crippen LogP contribution in [0.4, 0.5) is 8.78 Å². The van der Waals surface area contributed by atoms with Crippen LogP contribution in [-0.2, 0) is 4.79 Å². The average Bonchev–Trinajstić information content (AvgIpc) is 2.14. The van der Waals surface area contributed by atoms with E-state index in [0.29, 0.717) is 0 Å². The van der Waals surface area contributed by atoms with Gasteiger partial charge in [0.2, 0.25) is 5.92 Å². The predicted octanol–water partition coefficient (Wildman–Crippen LogP) is 3.07. The molecule has 0 heterocycles. The first-order valence-corrected chi connectivity index (χ1v) is 5.58. The molecule has 2 nitrogen and oxygen atoms in total. The van der Waals surface area contributed by atoms with Gasteiger partial charge in [-0.2, -0.15) is 0 Å². The molecule has 4 heteroatoms. The zero-order valence-electron chi connectivity index (χ0n) is 8.64. The number of hydrogen-bond acceptors (Lipinski definition) is 1. The first-order valence-electron chi connectivity index (χ1n) is 5.58. The standard InChI is InChI=1S/C11H16F2O2/c12-11(13)6-10(7-11,9(14)15)8-4-2-1-3-5-8/h8H,1-7H2,(H,14,15). The Balaban J connectivity index is 2.10. The molecular formula is C11H16F2O2. The summed E-state index contributed by atoms with van der Waals surface area (Å²) in [6, 6.07) is 0. The van der Waals surface area contributed by atoms with E-state index in [-0.39, 0.29) is 5.92 Å². The topological polar surface area (TPSA) is 37.3 Å². The Kier molecular flexibility index (Phi) is 2.47. The van der Waals surface area contributed by atoms with Gasteiger partial charge in [-0.25, -0.2) is 8.78 Å². The summed E-state index contributed by atoms with van der Waals surface area (Å²) < 4.78 is 25.8. The van der Waals surface area contributed by atoms with Crippen LogP contribution in [0.1, 0.15) is 44.9 Å². The summed E-state index contributed by atoms with van der Waals surface area (Å²) in [6.45, 7) is 0. The van der Waals surface area contributed by atoms with Crippen LogP contribution in [0.2, 0.25) is 0 Å². The first kappa shape index (κ1) is 10.8. The van der Waals surface area contributed by atoms with Crippen LogP contribution in [0.15, 0.2) is 0 Å². The van der Waals surface area contributed by atoms with E-state index in [4.69, 9.17) is 5.11 Å².